The van der Waals surface area contributed by atoms with E-state index < -0.39 is 33.3 Å². The molecule has 1 unspecified atom stereocenters. The Morgan fingerprint density at radius 2 is 1.44 bits per heavy atom. The zero-order valence-electron chi connectivity index (χ0n) is 18.6. The molecule has 10 heteroatoms. The molecule has 0 spiro atoms. The van der Waals surface area contributed by atoms with E-state index >= 15 is 0 Å². The molecule has 0 N–H and O–H groups in total. The summed E-state index contributed by atoms with van der Waals surface area (Å²) in [6, 6.07) is 6.43. The lowest BCUT2D eigenvalue weighted by molar-refractivity contribution is -0.141. The van der Waals surface area contributed by atoms with Crippen molar-refractivity contribution < 1.29 is 37.0 Å². The number of sulfonamides is 1. The molecule has 0 saturated carbocycles. The zero-order chi connectivity index (χ0) is 23.8. The summed E-state index contributed by atoms with van der Waals surface area (Å²) in [7, 11) is -0.470. The highest BCUT2D eigenvalue weighted by Crippen LogP contribution is 2.50. The molecule has 0 radical (unpaired) electrons. The van der Waals surface area contributed by atoms with Crippen molar-refractivity contribution in [1.29, 1.82) is 0 Å². The summed E-state index contributed by atoms with van der Waals surface area (Å²) >= 11 is 0. The van der Waals surface area contributed by atoms with E-state index in [1.54, 1.807) is 19.1 Å². The summed E-state index contributed by atoms with van der Waals surface area (Å²) in [6.45, 7) is 3.47. The molecule has 0 amide bonds. The van der Waals surface area contributed by atoms with E-state index in [4.69, 9.17) is 14.2 Å². The van der Waals surface area contributed by atoms with Crippen molar-refractivity contribution in [3.8, 4) is 0 Å². The van der Waals surface area contributed by atoms with Crippen molar-refractivity contribution >= 4 is 27.9 Å². The average Bonchev–Trinajstić information content (AvgIpc) is 3.14. The number of nitrogens with zero attached hydrogens (tertiary/aromatic N) is 1. The average molecular weight is 464 g/mol. The van der Waals surface area contributed by atoms with E-state index in [2.05, 4.69) is 0 Å². The third-order valence-corrected chi connectivity index (χ3v) is 7.68. The third kappa shape index (κ3) is 3.84. The maximum absolute atomic E-state index is 13.3. The van der Waals surface area contributed by atoms with Crippen molar-refractivity contribution in [1.82, 2.24) is 4.31 Å². The molecule has 1 atom stereocenters. The van der Waals surface area contributed by atoms with E-state index in [-0.39, 0.29) is 41.1 Å². The lowest BCUT2D eigenvalue weighted by Crippen LogP contribution is -2.34. The van der Waals surface area contributed by atoms with Crippen LogP contribution in [0.1, 0.15) is 18.9 Å². The van der Waals surface area contributed by atoms with Gasteiger partial charge in [0, 0.05) is 18.5 Å². The zero-order valence-corrected chi connectivity index (χ0v) is 19.4. The molecule has 1 aromatic rings. The minimum Gasteiger partial charge on any atom is -0.466 e. The standard InChI is InChI=1S/C22H25NO8S/c1-13-6-8-14(9-7-13)32(27,28)23-11-16-18(21(26)31-5)17(20(25)30-4)15(19(24)29-3)10-22(16,2)12-23/h6-9H,10-12H2,1-5H3. The Labute approximate surface area is 186 Å². The number of methoxy groups -OCH3 is 3. The molecule has 2 aliphatic rings. The number of aryl methyl sites for hydroxylation is 1. The van der Waals surface area contributed by atoms with E-state index in [1.807, 2.05) is 6.92 Å². The molecule has 0 aromatic heterocycles. The molecular weight excluding hydrogens is 438 g/mol. The van der Waals surface area contributed by atoms with Crippen LogP contribution in [0, 0.1) is 12.3 Å². The van der Waals surface area contributed by atoms with Crippen LogP contribution in [0.4, 0.5) is 0 Å². The summed E-state index contributed by atoms with van der Waals surface area (Å²) < 4.78 is 42.4. The molecule has 1 saturated heterocycles. The van der Waals surface area contributed by atoms with Gasteiger partial charge in [0.05, 0.1) is 42.9 Å². The van der Waals surface area contributed by atoms with Crippen molar-refractivity contribution in [2.24, 2.45) is 5.41 Å². The minimum absolute atomic E-state index is 0.000147. The Kier molecular flexibility index (Phi) is 6.30. The summed E-state index contributed by atoms with van der Waals surface area (Å²) in [5, 5.41) is 0. The number of esters is 3. The fourth-order valence-corrected chi connectivity index (χ4v) is 5.74. The van der Waals surface area contributed by atoms with Gasteiger partial charge in [0.2, 0.25) is 10.0 Å². The first kappa shape index (κ1) is 23.7. The fraction of sp³-hybridized carbons (Fsp3) is 0.409. The van der Waals surface area contributed by atoms with Gasteiger partial charge in [-0.2, -0.15) is 4.31 Å². The molecule has 1 aromatic carbocycles. The topological polar surface area (TPSA) is 116 Å². The number of carbonyl (C=O) groups excluding carboxylic acids is 3. The SMILES string of the molecule is COC(=O)C1=C(C(=O)OC)C(C(=O)OC)=C2CN(S(=O)(=O)c3ccc(C)cc3)CC2(C)C1. The van der Waals surface area contributed by atoms with Crippen molar-refractivity contribution in [3.05, 3.63) is 52.1 Å². The maximum atomic E-state index is 13.3. The van der Waals surface area contributed by atoms with Gasteiger partial charge in [-0.3, -0.25) is 0 Å². The highest BCUT2D eigenvalue weighted by Gasteiger charge is 2.52. The van der Waals surface area contributed by atoms with Crippen molar-refractivity contribution in [3.63, 3.8) is 0 Å². The highest BCUT2D eigenvalue weighted by molar-refractivity contribution is 7.89. The molecular formula is C22H25NO8S. The van der Waals surface area contributed by atoms with Gasteiger partial charge in [0.25, 0.3) is 0 Å². The first-order valence-electron chi connectivity index (χ1n) is 9.79. The minimum atomic E-state index is -3.90. The van der Waals surface area contributed by atoms with E-state index in [0.29, 0.717) is 5.57 Å². The summed E-state index contributed by atoms with van der Waals surface area (Å²) in [5.74, 6) is -2.56. The van der Waals surface area contributed by atoms with Crippen LogP contribution in [0.3, 0.4) is 0 Å². The largest absolute Gasteiger partial charge is 0.466 e. The second-order valence-electron chi connectivity index (χ2n) is 8.01. The number of hydrogen-bond acceptors (Lipinski definition) is 8. The number of benzene rings is 1. The number of fused-ring (bicyclic) bond motifs is 1. The monoisotopic (exact) mass is 463 g/mol. The van der Waals surface area contributed by atoms with Gasteiger partial charge >= 0.3 is 17.9 Å². The Bertz CT molecular complexity index is 1150. The number of ether oxygens (including phenoxy) is 3. The van der Waals surface area contributed by atoms with Gasteiger partial charge in [-0.15, -0.1) is 0 Å². The van der Waals surface area contributed by atoms with Crippen LogP contribution in [0.25, 0.3) is 0 Å². The van der Waals surface area contributed by atoms with Crippen LogP contribution in [-0.4, -0.2) is 65.0 Å². The molecule has 1 fully saturated rings. The second kappa shape index (κ2) is 8.51. The van der Waals surface area contributed by atoms with Gasteiger partial charge in [-0.05, 0) is 31.1 Å². The molecule has 0 bridgehead atoms. The second-order valence-corrected chi connectivity index (χ2v) is 9.94. The number of carbonyl (C=O) groups is 3. The van der Waals surface area contributed by atoms with Crippen LogP contribution < -0.4 is 0 Å². The van der Waals surface area contributed by atoms with E-state index in [9.17, 15) is 22.8 Å². The quantitative estimate of drug-likeness (QED) is 0.477. The summed E-state index contributed by atoms with van der Waals surface area (Å²) in [4.78, 5) is 38.0. The van der Waals surface area contributed by atoms with Crippen molar-refractivity contribution in [2.45, 2.75) is 25.2 Å². The Morgan fingerprint density at radius 3 is 1.97 bits per heavy atom. The van der Waals surface area contributed by atoms with Crippen LogP contribution in [0.5, 0.6) is 0 Å². The van der Waals surface area contributed by atoms with Crippen molar-refractivity contribution in [2.75, 3.05) is 34.4 Å². The maximum Gasteiger partial charge on any atom is 0.339 e. The van der Waals surface area contributed by atoms with E-state index in [1.165, 1.54) is 16.4 Å². The molecule has 1 heterocycles. The lowest BCUT2D eigenvalue weighted by Gasteiger charge is -2.33. The van der Waals surface area contributed by atoms with Gasteiger partial charge in [0.1, 0.15) is 0 Å². The number of hydrogen-bond donors (Lipinski definition) is 0. The first-order chi connectivity index (χ1) is 15.0. The van der Waals surface area contributed by atoms with Crippen LogP contribution in [-0.2, 0) is 38.6 Å². The normalized spacial score (nSPS) is 21.3. The Balaban J connectivity index is 2.18. The smallest absolute Gasteiger partial charge is 0.339 e. The summed E-state index contributed by atoms with van der Waals surface area (Å²) in [5.41, 5.74) is -0.0872. The van der Waals surface area contributed by atoms with E-state index in [0.717, 1.165) is 26.9 Å². The molecule has 3 rings (SSSR count). The molecule has 32 heavy (non-hydrogen) atoms. The molecule has 1 aliphatic carbocycles. The van der Waals surface area contributed by atoms with Gasteiger partial charge in [0.15, 0.2) is 0 Å². The Morgan fingerprint density at radius 1 is 0.906 bits per heavy atom. The highest BCUT2D eigenvalue weighted by atomic mass is 32.2. The molecule has 1 aliphatic heterocycles. The van der Waals surface area contributed by atoms with Gasteiger partial charge in [-0.25, -0.2) is 22.8 Å². The molecule has 172 valence electrons. The predicted molar refractivity (Wildman–Crippen MR) is 113 cm³/mol. The van der Waals surface area contributed by atoms with Crippen LogP contribution >= 0.6 is 0 Å². The summed E-state index contributed by atoms with van der Waals surface area (Å²) in [6.07, 6.45) is -0.000147. The number of rotatable bonds is 5. The lowest BCUT2D eigenvalue weighted by atomic mass is 9.70. The Hall–Kier alpha value is -2.98. The fourth-order valence-electron chi connectivity index (χ4n) is 4.21. The molecule has 9 nitrogen and oxygen atoms in total. The van der Waals surface area contributed by atoms with Crippen LogP contribution in [0.2, 0.25) is 0 Å². The third-order valence-electron chi connectivity index (χ3n) is 5.88. The van der Waals surface area contributed by atoms with Gasteiger partial charge in [-0.1, -0.05) is 24.6 Å². The van der Waals surface area contributed by atoms with Gasteiger partial charge < -0.3 is 14.2 Å². The predicted octanol–water partition coefficient (Wildman–Crippen LogP) is 1.52. The van der Waals surface area contributed by atoms with Crippen LogP contribution in [0.15, 0.2) is 51.5 Å². The first-order valence-corrected chi connectivity index (χ1v) is 11.2.